The van der Waals surface area contributed by atoms with Crippen molar-refractivity contribution in [3.05, 3.63) is 0 Å². The second-order valence-corrected chi connectivity index (χ2v) is 4.50. The topological polar surface area (TPSA) is 18.5 Å². The number of likely N-dealkylation sites (N-methyl/N-ethyl adjacent to an activating group) is 2. The maximum Gasteiger partial charge on any atom is 0.0117 e. The zero-order valence-corrected chi connectivity index (χ0v) is 10.6. The fourth-order valence-electron chi connectivity index (χ4n) is 2.29. The molecule has 90 valence electrons. The number of piperidine rings is 1. The van der Waals surface area contributed by atoms with E-state index >= 15 is 0 Å². The lowest BCUT2D eigenvalue weighted by atomic mass is 10.0. The molecule has 0 radical (unpaired) electrons. The number of hydrogen-bond donors (Lipinski definition) is 1. The standard InChI is InChI=1S/C12H27N3/c1-4-13-8-11-14(3)12-6-9-15(5-2)10-7-12/h12-13H,4-11H2,1-3H3. The van der Waals surface area contributed by atoms with Gasteiger partial charge >= 0.3 is 0 Å². The summed E-state index contributed by atoms with van der Waals surface area (Å²) in [6.45, 7) is 11.6. The maximum atomic E-state index is 3.39. The minimum Gasteiger partial charge on any atom is -0.316 e. The van der Waals surface area contributed by atoms with Crippen molar-refractivity contribution in [2.24, 2.45) is 0 Å². The Morgan fingerprint density at radius 3 is 2.47 bits per heavy atom. The first-order valence-electron chi connectivity index (χ1n) is 6.41. The summed E-state index contributed by atoms with van der Waals surface area (Å²) in [5.74, 6) is 0. The predicted octanol–water partition coefficient (Wildman–Crippen LogP) is 1.01. The van der Waals surface area contributed by atoms with Crippen LogP contribution in [-0.2, 0) is 0 Å². The molecule has 3 nitrogen and oxygen atoms in total. The van der Waals surface area contributed by atoms with Crippen molar-refractivity contribution in [3.63, 3.8) is 0 Å². The van der Waals surface area contributed by atoms with E-state index in [4.69, 9.17) is 0 Å². The summed E-state index contributed by atoms with van der Waals surface area (Å²) in [5, 5.41) is 3.39. The molecule has 0 spiro atoms. The minimum atomic E-state index is 0.812. The van der Waals surface area contributed by atoms with Gasteiger partial charge in [0.2, 0.25) is 0 Å². The van der Waals surface area contributed by atoms with Gasteiger partial charge in [0.25, 0.3) is 0 Å². The van der Waals surface area contributed by atoms with Gasteiger partial charge in [0.1, 0.15) is 0 Å². The molecule has 1 fully saturated rings. The van der Waals surface area contributed by atoms with E-state index < -0.39 is 0 Å². The van der Waals surface area contributed by atoms with Crippen LogP contribution in [0.5, 0.6) is 0 Å². The first-order valence-corrected chi connectivity index (χ1v) is 6.41. The van der Waals surface area contributed by atoms with Crippen LogP contribution >= 0.6 is 0 Å². The molecule has 0 bridgehead atoms. The lowest BCUT2D eigenvalue weighted by molar-refractivity contribution is 0.132. The third kappa shape index (κ3) is 4.49. The van der Waals surface area contributed by atoms with Crippen LogP contribution in [0.15, 0.2) is 0 Å². The molecule has 1 aliphatic heterocycles. The smallest absolute Gasteiger partial charge is 0.0117 e. The number of rotatable bonds is 6. The van der Waals surface area contributed by atoms with E-state index in [0.717, 1.165) is 19.1 Å². The van der Waals surface area contributed by atoms with Gasteiger partial charge in [-0.05, 0) is 46.1 Å². The molecular weight excluding hydrogens is 186 g/mol. The summed E-state index contributed by atoms with van der Waals surface area (Å²) in [5.41, 5.74) is 0. The van der Waals surface area contributed by atoms with Gasteiger partial charge in [0.15, 0.2) is 0 Å². The number of likely N-dealkylation sites (tertiary alicyclic amines) is 1. The minimum absolute atomic E-state index is 0.812. The Morgan fingerprint density at radius 1 is 1.27 bits per heavy atom. The van der Waals surface area contributed by atoms with Crippen LogP contribution < -0.4 is 5.32 Å². The maximum absolute atomic E-state index is 3.39. The molecule has 3 heteroatoms. The highest BCUT2D eigenvalue weighted by molar-refractivity contribution is 4.77. The number of nitrogens with one attached hydrogen (secondary N) is 1. The Kier molecular flexibility index (Phi) is 6.22. The van der Waals surface area contributed by atoms with Gasteiger partial charge in [0, 0.05) is 19.1 Å². The Labute approximate surface area is 94.8 Å². The predicted molar refractivity (Wildman–Crippen MR) is 66.3 cm³/mol. The highest BCUT2D eigenvalue weighted by Crippen LogP contribution is 2.14. The Balaban J connectivity index is 2.15. The molecule has 0 saturated carbocycles. The highest BCUT2D eigenvalue weighted by Gasteiger charge is 2.20. The van der Waals surface area contributed by atoms with Gasteiger partial charge in [-0.1, -0.05) is 13.8 Å². The van der Waals surface area contributed by atoms with Crippen LogP contribution in [0.25, 0.3) is 0 Å². The van der Waals surface area contributed by atoms with Gasteiger partial charge in [-0.3, -0.25) is 0 Å². The molecule has 1 aliphatic rings. The van der Waals surface area contributed by atoms with Gasteiger partial charge in [0.05, 0.1) is 0 Å². The zero-order chi connectivity index (χ0) is 11.1. The normalized spacial score (nSPS) is 20.0. The van der Waals surface area contributed by atoms with Crippen molar-refractivity contribution in [3.8, 4) is 0 Å². The molecule has 0 aromatic carbocycles. The summed E-state index contributed by atoms with van der Waals surface area (Å²) in [7, 11) is 2.27. The van der Waals surface area contributed by atoms with Crippen molar-refractivity contribution in [2.45, 2.75) is 32.7 Å². The van der Waals surface area contributed by atoms with Crippen LogP contribution in [0.4, 0.5) is 0 Å². The van der Waals surface area contributed by atoms with Gasteiger partial charge in [-0.2, -0.15) is 0 Å². The first kappa shape index (κ1) is 12.9. The first-order chi connectivity index (χ1) is 7.27. The number of hydrogen-bond acceptors (Lipinski definition) is 3. The second-order valence-electron chi connectivity index (χ2n) is 4.50. The molecule has 1 heterocycles. The Morgan fingerprint density at radius 2 is 1.93 bits per heavy atom. The van der Waals surface area contributed by atoms with Gasteiger partial charge in [-0.25, -0.2) is 0 Å². The van der Waals surface area contributed by atoms with Crippen LogP contribution in [0.3, 0.4) is 0 Å². The van der Waals surface area contributed by atoms with E-state index in [9.17, 15) is 0 Å². The molecule has 0 aromatic heterocycles. The molecule has 0 aliphatic carbocycles. The molecule has 1 saturated heterocycles. The molecule has 0 aromatic rings. The Bertz CT molecular complexity index is 153. The van der Waals surface area contributed by atoms with E-state index in [1.54, 1.807) is 0 Å². The fourth-order valence-corrected chi connectivity index (χ4v) is 2.29. The SMILES string of the molecule is CCNCCN(C)C1CCN(CC)CC1. The molecular formula is C12H27N3. The van der Waals surface area contributed by atoms with Crippen molar-refractivity contribution in [1.82, 2.24) is 15.1 Å². The van der Waals surface area contributed by atoms with Crippen molar-refractivity contribution < 1.29 is 0 Å². The molecule has 0 amide bonds. The molecule has 0 atom stereocenters. The van der Waals surface area contributed by atoms with Crippen molar-refractivity contribution >= 4 is 0 Å². The van der Waals surface area contributed by atoms with Gasteiger partial charge < -0.3 is 15.1 Å². The summed E-state index contributed by atoms with van der Waals surface area (Å²) < 4.78 is 0. The monoisotopic (exact) mass is 213 g/mol. The van der Waals surface area contributed by atoms with Crippen LogP contribution in [0.1, 0.15) is 26.7 Å². The fraction of sp³-hybridized carbons (Fsp3) is 1.00. The van der Waals surface area contributed by atoms with Crippen LogP contribution in [0, 0.1) is 0 Å². The average molecular weight is 213 g/mol. The quantitative estimate of drug-likeness (QED) is 0.664. The third-order valence-electron chi connectivity index (χ3n) is 3.52. The van der Waals surface area contributed by atoms with E-state index in [1.165, 1.54) is 39.0 Å². The third-order valence-corrected chi connectivity index (χ3v) is 3.52. The van der Waals surface area contributed by atoms with Gasteiger partial charge in [-0.15, -0.1) is 0 Å². The van der Waals surface area contributed by atoms with Crippen LogP contribution in [-0.4, -0.2) is 62.2 Å². The van der Waals surface area contributed by atoms with Crippen molar-refractivity contribution in [2.75, 3.05) is 46.3 Å². The lowest BCUT2D eigenvalue weighted by Crippen LogP contribution is -2.45. The molecule has 15 heavy (non-hydrogen) atoms. The van der Waals surface area contributed by atoms with E-state index in [-0.39, 0.29) is 0 Å². The number of nitrogens with zero attached hydrogens (tertiary/aromatic N) is 2. The Hall–Kier alpha value is -0.120. The average Bonchev–Trinajstić information content (AvgIpc) is 2.29. The second kappa shape index (κ2) is 7.20. The molecule has 1 rings (SSSR count). The van der Waals surface area contributed by atoms with Crippen molar-refractivity contribution in [1.29, 1.82) is 0 Å². The zero-order valence-electron chi connectivity index (χ0n) is 10.6. The van der Waals surface area contributed by atoms with Crippen LogP contribution in [0.2, 0.25) is 0 Å². The summed E-state index contributed by atoms with van der Waals surface area (Å²) in [4.78, 5) is 5.07. The largest absolute Gasteiger partial charge is 0.316 e. The summed E-state index contributed by atoms with van der Waals surface area (Å²) in [6.07, 6.45) is 2.69. The highest BCUT2D eigenvalue weighted by atomic mass is 15.2. The van der Waals surface area contributed by atoms with E-state index in [0.29, 0.717) is 0 Å². The van der Waals surface area contributed by atoms with E-state index in [1.807, 2.05) is 0 Å². The summed E-state index contributed by atoms with van der Waals surface area (Å²) >= 11 is 0. The molecule has 0 unspecified atom stereocenters. The molecule has 1 N–H and O–H groups in total. The summed E-state index contributed by atoms with van der Waals surface area (Å²) in [6, 6.07) is 0.812. The lowest BCUT2D eigenvalue weighted by Gasteiger charge is -2.36. The van der Waals surface area contributed by atoms with E-state index in [2.05, 4.69) is 36.0 Å².